The van der Waals surface area contributed by atoms with Crippen molar-refractivity contribution in [1.82, 2.24) is 29.8 Å². The van der Waals surface area contributed by atoms with Crippen LogP contribution < -0.4 is 14.8 Å². The predicted molar refractivity (Wildman–Crippen MR) is 202 cm³/mol. The number of alkyl halides is 3. The SMILES string of the molecule is Cc1cccc(C)c1-c1cc(OC[C@@H]2N[C@H](c3cnc4cc(C(C)(C)C)n(C)c4n3)CCC[C@H]2CC(F)(F)F)nc(NS(=O)(=O)c2cccc(C(=O)O)c2)n1. The second-order valence-electron chi connectivity index (χ2n) is 15.1. The van der Waals surface area contributed by atoms with Crippen molar-refractivity contribution in [2.45, 2.75) is 88.9 Å². The molecule has 0 radical (unpaired) electrons. The molecule has 1 aliphatic rings. The van der Waals surface area contributed by atoms with Gasteiger partial charge in [-0.25, -0.2) is 27.9 Å². The Morgan fingerprint density at radius 1 is 1.02 bits per heavy atom. The summed E-state index contributed by atoms with van der Waals surface area (Å²) in [6.07, 6.45) is -2.47. The Morgan fingerprint density at radius 2 is 1.73 bits per heavy atom. The van der Waals surface area contributed by atoms with E-state index in [0.717, 1.165) is 28.4 Å². The molecule has 0 unspecified atom stereocenters. The predicted octanol–water partition coefficient (Wildman–Crippen LogP) is 7.67. The number of aryl methyl sites for hydroxylation is 3. The van der Waals surface area contributed by atoms with Crippen LogP contribution in [0.4, 0.5) is 19.1 Å². The van der Waals surface area contributed by atoms with Crippen LogP contribution in [0.5, 0.6) is 5.88 Å². The quantitative estimate of drug-likeness (QED) is 0.128. The Kier molecular flexibility index (Phi) is 11.0. The fourth-order valence-corrected chi connectivity index (χ4v) is 8.23. The standard InChI is InChI=1S/C39H44F3N7O5S/c1-22-10-7-11-23(2)34(22)28-18-33(47-37(46-28)48-55(52,53)26-14-8-12-24(16-26)36(50)51)54-21-31-25(19-39(40,41)42)13-9-15-27(44-31)30-20-43-29-17-32(38(3,4)5)49(6)35(29)45-30/h7-8,10-12,14,16-18,20,25,27,31,44H,9,13,15,19,21H2,1-6H3,(H,50,51)(H,46,47,48)/t25-,27-,31-/m0/s1. The molecule has 12 nitrogen and oxygen atoms in total. The molecule has 0 bridgehead atoms. The van der Waals surface area contributed by atoms with Gasteiger partial charge in [-0.2, -0.15) is 18.2 Å². The summed E-state index contributed by atoms with van der Waals surface area (Å²) in [4.78, 5) is 29.6. The lowest BCUT2D eigenvalue weighted by Crippen LogP contribution is -2.43. The normalized spacial score (nSPS) is 18.2. The molecule has 3 aromatic heterocycles. The number of benzene rings is 2. The number of nitrogens with zero attached hydrogens (tertiary/aromatic N) is 5. The maximum atomic E-state index is 14.0. The number of carboxylic acid groups (broad SMARTS) is 1. The van der Waals surface area contributed by atoms with Crippen molar-refractivity contribution in [2.75, 3.05) is 11.3 Å². The Hall–Kier alpha value is -5.09. The zero-order valence-corrected chi connectivity index (χ0v) is 32.2. The van der Waals surface area contributed by atoms with Crippen LogP contribution in [0.25, 0.3) is 22.4 Å². The van der Waals surface area contributed by atoms with Crippen molar-refractivity contribution in [3.63, 3.8) is 0 Å². The summed E-state index contributed by atoms with van der Waals surface area (Å²) in [5.41, 5.74) is 5.33. The van der Waals surface area contributed by atoms with E-state index in [2.05, 4.69) is 45.8 Å². The molecule has 4 heterocycles. The van der Waals surface area contributed by atoms with E-state index in [0.29, 0.717) is 35.4 Å². The molecular weight excluding hydrogens is 736 g/mol. The van der Waals surface area contributed by atoms with Crippen LogP contribution in [0.3, 0.4) is 0 Å². The number of rotatable bonds is 10. The summed E-state index contributed by atoms with van der Waals surface area (Å²) < 4.78 is 79.3. The van der Waals surface area contributed by atoms with Crippen LogP contribution in [0.1, 0.15) is 85.4 Å². The molecule has 0 spiro atoms. The third-order valence-electron chi connectivity index (χ3n) is 9.89. The number of carbonyl (C=O) groups is 1. The van der Waals surface area contributed by atoms with Gasteiger partial charge in [0.25, 0.3) is 10.0 Å². The van der Waals surface area contributed by atoms with Crippen LogP contribution in [0.15, 0.2) is 65.7 Å². The van der Waals surface area contributed by atoms with Gasteiger partial charge in [-0.15, -0.1) is 0 Å². The van der Waals surface area contributed by atoms with E-state index in [1.807, 2.05) is 49.7 Å². The zero-order chi connectivity index (χ0) is 39.9. The van der Waals surface area contributed by atoms with Crippen molar-refractivity contribution < 1.29 is 36.2 Å². The van der Waals surface area contributed by atoms with Gasteiger partial charge in [0.1, 0.15) is 12.1 Å². The molecule has 5 aromatic rings. The minimum Gasteiger partial charge on any atom is -0.478 e. The first-order valence-corrected chi connectivity index (χ1v) is 19.4. The molecule has 0 saturated carbocycles. The highest BCUT2D eigenvalue weighted by atomic mass is 32.2. The smallest absolute Gasteiger partial charge is 0.389 e. The maximum Gasteiger partial charge on any atom is 0.389 e. The number of sulfonamides is 1. The highest BCUT2D eigenvalue weighted by molar-refractivity contribution is 7.92. The van der Waals surface area contributed by atoms with E-state index in [4.69, 9.17) is 9.72 Å². The summed E-state index contributed by atoms with van der Waals surface area (Å²) in [5.74, 6) is -2.59. The van der Waals surface area contributed by atoms with E-state index in [9.17, 15) is 31.5 Å². The van der Waals surface area contributed by atoms with Gasteiger partial charge in [0.2, 0.25) is 11.8 Å². The van der Waals surface area contributed by atoms with Gasteiger partial charge in [-0.3, -0.25) is 4.98 Å². The van der Waals surface area contributed by atoms with E-state index < -0.39 is 46.6 Å². The number of ether oxygens (including phenoxy) is 1. The van der Waals surface area contributed by atoms with E-state index in [1.54, 1.807) is 6.20 Å². The summed E-state index contributed by atoms with van der Waals surface area (Å²) in [6.45, 7) is 9.79. The van der Waals surface area contributed by atoms with Gasteiger partial charge in [-0.1, -0.05) is 51.5 Å². The summed E-state index contributed by atoms with van der Waals surface area (Å²) in [7, 11) is -2.46. The topological polar surface area (TPSA) is 161 Å². The second kappa shape index (κ2) is 15.2. The van der Waals surface area contributed by atoms with Gasteiger partial charge in [-0.05, 0) is 68.0 Å². The van der Waals surface area contributed by atoms with E-state index in [-0.39, 0.29) is 40.7 Å². The van der Waals surface area contributed by atoms with Crippen LogP contribution in [-0.4, -0.2) is 62.8 Å². The molecule has 292 valence electrons. The van der Waals surface area contributed by atoms with Gasteiger partial charge >= 0.3 is 12.1 Å². The van der Waals surface area contributed by atoms with Crippen LogP contribution >= 0.6 is 0 Å². The van der Waals surface area contributed by atoms with Gasteiger partial charge in [0, 0.05) is 42.2 Å². The third-order valence-corrected chi connectivity index (χ3v) is 11.2. The fraction of sp³-hybridized carbons (Fsp3) is 0.410. The first-order chi connectivity index (χ1) is 25.8. The molecule has 3 N–H and O–H groups in total. The molecule has 1 aliphatic heterocycles. The van der Waals surface area contributed by atoms with E-state index in [1.165, 1.54) is 24.3 Å². The molecule has 3 atom stereocenters. The summed E-state index contributed by atoms with van der Waals surface area (Å²) in [6, 6.07) is 12.7. The fourth-order valence-electron chi connectivity index (χ4n) is 7.24. The van der Waals surface area contributed by atoms with Crippen LogP contribution in [0, 0.1) is 19.8 Å². The second-order valence-corrected chi connectivity index (χ2v) is 16.8. The number of hydrogen-bond donors (Lipinski definition) is 3. The van der Waals surface area contributed by atoms with Crippen LogP contribution in [0.2, 0.25) is 0 Å². The number of nitrogens with one attached hydrogen (secondary N) is 2. The Balaban J connectivity index is 1.34. The number of halogens is 3. The zero-order valence-electron chi connectivity index (χ0n) is 31.4. The molecular formula is C39H44F3N7O5S. The highest BCUT2D eigenvalue weighted by Crippen LogP contribution is 2.36. The number of aromatic carboxylic acids is 1. The lowest BCUT2D eigenvalue weighted by molar-refractivity contribution is -0.147. The van der Waals surface area contributed by atoms with Gasteiger partial charge in [0.15, 0.2) is 5.65 Å². The number of fused-ring (bicyclic) bond motifs is 1. The highest BCUT2D eigenvalue weighted by Gasteiger charge is 2.38. The molecule has 1 saturated heterocycles. The van der Waals surface area contributed by atoms with Crippen molar-refractivity contribution in [1.29, 1.82) is 0 Å². The van der Waals surface area contributed by atoms with Gasteiger partial charge < -0.3 is 19.7 Å². The Bertz CT molecular complexity index is 2320. The van der Waals surface area contributed by atoms with Crippen molar-refractivity contribution in [3.8, 4) is 17.1 Å². The first-order valence-electron chi connectivity index (χ1n) is 17.9. The van der Waals surface area contributed by atoms with Crippen molar-refractivity contribution in [3.05, 3.63) is 88.9 Å². The number of anilines is 1. The average Bonchev–Trinajstić information content (AvgIpc) is 3.31. The van der Waals surface area contributed by atoms with Crippen molar-refractivity contribution in [2.24, 2.45) is 13.0 Å². The minimum atomic E-state index is -4.43. The molecule has 0 aliphatic carbocycles. The Labute approximate surface area is 317 Å². The van der Waals surface area contributed by atoms with Crippen molar-refractivity contribution >= 4 is 33.1 Å². The molecule has 55 heavy (non-hydrogen) atoms. The number of aromatic nitrogens is 5. The van der Waals surface area contributed by atoms with Crippen LogP contribution in [-0.2, 0) is 22.5 Å². The summed E-state index contributed by atoms with van der Waals surface area (Å²) in [5, 5.41) is 12.8. The largest absolute Gasteiger partial charge is 0.478 e. The first kappa shape index (κ1) is 39.6. The molecule has 0 amide bonds. The average molecular weight is 780 g/mol. The number of carboxylic acids is 1. The van der Waals surface area contributed by atoms with Gasteiger partial charge in [0.05, 0.1) is 34.1 Å². The Morgan fingerprint density at radius 3 is 2.40 bits per heavy atom. The third kappa shape index (κ3) is 9.07. The molecule has 1 fully saturated rings. The maximum absolute atomic E-state index is 14.0. The molecule has 2 aromatic carbocycles. The minimum absolute atomic E-state index is 0.0715. The lowest BCUT2D eigenvalue weighted by atomic mass is 9.92. The van der Waals surface area contributed by atoms with E-state index >= 15 is 0 Å². The number of hydrogen-bond acceptors (Lipinski definition) is 9. The molecule has 6 rings (SSSR count). The summed E-state index contributed by atoms with van der Waals surface area (Å²) >= 11 is 0. The molecule has 16 heteroatoms. The monoisotopic (exact) mass is 779 g/mol. The lowest BCUT2D eigenvalue weighted by Gasteiger charge is -2.29.